The average molecular weight is 436 g/mol. The van der Waals surface area contributed by atoms with E-state index in [2.05, 4.69) is 16.0 Å². The lowest BCUT2D eigenvalue weighted by molar-refractivity contribution is -0.116. The van der Waals surface area contributed by atoms with Gasteiger partial charge in [0.1, 0.15) is 0 Å². The highest BCUT2D eigenvalue weighted by atomic mass is 16.2. The van der Waals surface area contributed by atoms with E-state index in [1.54, 1.807) is 24.3 Å². The SMILES string of the molecule is O=C(CC(c1ccccc1)c1ccccc1)Nc1cccc(NC(=O)Nc2ccccc2)c1. The van der Waals surface area contributed by atoms with Crippen LogP contribution in [0.15, 0.2) is 115 Å². The van der Waals surface area contributed by atoms with Gasteiger partial charge in [0.2, 0.25) is 5.91 Å². The molecule has 0 radical (unpaired) electrons. The van der Waals surface area contributed by atoms with E-state index >= 15 is 0 Å². The molecule has 0 aliphatic rings. The second kappa shape index (κ2) is 10.8. The molecular formula is C28H25N3O2. The van der Waals surface area contributed by atoms with Gasteiger partial charge in [-0.25, -0.2) is 4.79 Å². The van der Waals surface area contributed by atoms with E-state index in [1.807, 2.05) is 91.0 Å². The molecule has 164 valence electrons. The van der Waals surface area contributed by atoms with Crippen LogP contribution in [0.25, 0.3) is 0 Å². The van der Waals surface area contributed by atoms with Crippen LogP contribution in [0.3, 0.4) is 0 Å². The van der Waals surface area contributed by atoms with Gasteiger partial charge in [-0.1, -0.05) is 84.9 Å². The summed E-state index contributed by atoms with van der Waals surface area (Å²) >= 11 is 0. The van der Waals surface area contributed by atoms with Crippen LogP contribution in [-0.2, 0) is 4.79 Å². The third-order valence-electron chi connectivity index (χ3n) is 5.23. The zero-order valence-electron chi connectivity index (χ0n) is 18.1. The number of hydrogen-bond acceptors (Lipinski definition) is 2. The van der Waals surface area contributed by atoms with Crippen LogP contribution in [0.2, 0.25) is 0 Å². The molecule has 0 heterocycles. The molecule has 4 rings (SSSR count). The summed E-state index contributed by atoms with van der Waals surface area (Å²) in [5.41, 5.74) is 4.09. The highest BCUT2D eigenvalue weighted by Gasteiger charge is 2.18. The number of anilines is 3. The lowest BCUT2D eigenvalue weighted by Gasteiger charge is -2.18. The van der Waals surface area contributed by atoms with Crippen molar-refractivity contribution in [2.45, 2.75) is 12.3 Å². The Balaban J connectivity index is 1.42. The van der Waals surface area contributed by atoms with E-state index in [0.29, 0.717) is 23.5 Å². The van der Waals surface area contributed by atoms with Gasteiger partial charge >= 0.3 is 6.03 Å². The quantitative estimate of drug-likeness (QED) is 0.310. The Morgan fingerprint density at radius 3 is 1.58 bits per heavy atom. The second-order valence-electron chi connectivity index (χ2n) is 7.65. The van der Waals surface area contributed by atoms with Gasteiger partial charge in [-0.3, -0.25) is 4.79 Å². The maximum Gasteiger partial charge on any atom is 0.323 e. The summed E-state index contributed by atoms with van der Waals surface area (Å²) in [6, 6.07) is 36.0. The number of urea groups is 1. The van der Waals surface area contributed by atoms with Gasteiger partial charge in [-0.05, 0) is 41.5 Å². The number of carbonyl (C=O) groups is 2. The monoisotopic (exact) mass is 435 g/mol. The first kappa shape index (κ1) is 21.8. The van der Waals surface area contributed by atoms with E-state index in [-0.39, 0.29) is 17.9 Å². The molecule has 0 saturated carbocycles. The van der Waals surface area contributed by atoms with Crippen LogP contribution in [-0.4, -0.2) is 11.9 Å². The second-order valence-corrected chi connectivity index (χ2v) is 7.65. The van der Waals surface area contributed by atoms with Crippen molar-refractivity contribution >= 4 is 29.0 Å². The zero-order chi connectivity index (χ0) is 22.9. The molecule has 4 aromatic rings. The number of amides is 3. The zero-order valence-corrected chi connectivity index (χ0v) is 18.1. The van der Waals surface area contributed by atoms with Crippen LogP contribution in [0.5, 0.6) is 0 Å². The molecule has 33 heavy (non-hydrogen) atoms. The van der Waals surface area contributed by atoms with E-state index in [9.17, 15) is 9.59 Å². The average Bonchev–Trinajstić information content (AvgIpc) is 2.84. The van der Waals surface area contributed by atoms with Crippen LogP contribution in [0.1, 0.15) is 23.5 Å². The normalized spacial score (nSPS) is 10.5. The molecule has 0 aromatic heterocycles. The van der Waals surface area contributed by atoms with E-state index in [4.69, 9.17) is 0 Å². The van der Waals surface area contributed by atoms with Gasteiger partial charge in [-0.2, -0.15) is 0 Å². The first-order valence-electron chi connectivity index (χ1n) is 10.8. The van der Waals surface area contributed by atoms with Crippen molar-refractivity contribution in [2.75, 3.05) is 16.0 Å². The van der Waals surface area contributed by atoms with Gasteiger partial charge in [-0.15, -0.1) is 0 Å². The Kier molecular flexibility index (Phi) is 7.13. The Morgan fingerprint density at radius 2 is 1.00 bits per heavy atom. The minimum Gasteiger partial charge on any atom is -0.326 e. The Hall–Kier alpha value is -4.38. The van der Waals surface area contributed by atoms with Gasteiger partial charge < -0.3 is 16.0 Å². The topological polar surface area (TPSA) is 70.2 Å². The maximum atomic E-state index is 12.9. The minimum absolute atomic E-state index is 0.0506. The number of para-hydroxylation sites is 1. The lowest BCUT2D eigenvalue weighted by atomic mass is 9.88. The summed E-state index contributed by atoms with van der Waals surface area (Å²) in [6.45, 7) is 0. The van der Waals surface area contributed by atoms with E-state index in [1.165, 1.54) is 0 Å². The molecule has 0 bridgehead atoms. The Labute approximate surface area is 193 Å². The Bertz CT molecular complexity index is 1160. The largest absolute Gasteiger partial charge is 0.326 e. The molecule has 5 nitrogen and oxygen atoms in total. The molecule has 3 N–H and O–H groups in total. The third-order valence-corrected chi connectivity index (χ3v) is 5.23. The number of carbonyl (C=O) groups excluding carboxylic acids is 2. The predicted octanol–water partition coefficient (Wildman–Crippen LogP) is 6.49. The number of benzene rings is 4. The van der Waals surface area contributed by atoms with Crippen molar-refractivity contribution in [3.05, 3.63) is 126 Å². The van der Waals surface area contributed by atoms with Crippen molar-refractivity contribution in [2.24, 2.45) is 0 Å². The summed E-state index contributed by atoms with van der Waals surface area (Å²) < 4.78 is 0. The molecule has 0 aliphatic heterocycles. The molecule has 0 aliphatic carbocycles. The van der Waals surface area contributed by atoms with Crippen molar-refractivity contribution in [1.29, 1.82) is 0 Å². The third kappa shape index (κ3) is 6.31. The van der Waals surface area contributed by atoms with Crippen molar-refractivity contribution in [1.82, 2.24) is 0 Å². The number of hydrogen-bond donors (Lipinski definition) is 3. The molecule has 0 atom stereocenters. The first-order valence-corrected chi connectivity index (χ1v) is 10.8. The van der Waals surface area contributed by atoms with Crippen molar-refractivity contribution in [3.8, 4) is 0 Å². The number of nitrogens with one attached hydrogen (secondary N) is 3. The van der Waals surface area contributed by atoms with Crippen molar-refractivity contribution < 1.29 is 9.59 Å². The van der Waals surface area contributed by atoms with E-state index < -0.39 is 0 Å². The first-order chi connectivity index (χ1) is 16.2. The summed E-state index contributed by atoms with van der Waals surface area (Å²) in [4.78, 5) is 25.2. The molecule has 4 aromatic carbocycles. The van der Waals surface area contributed by atoms with Gasteiger partial charge in [0.05, 0.1) is 0 Å². The summed E-state index contributed by atoms with van der Waals surface area (Å²) in [6.07, 6.45) is 0.306. The maximum absolute atomic E-state index is 12.9. The summed E-state index contributed by atoms with van der Waals surface area (Å²) in [7, 11) is 0. The smallest absolute Gasteiger partial charge is 0.323 e. The van der Waals surface area contributed by atoms with Crippen molar-refractivity contribution in [3.63, 3.8) is 0 Å². The molecule has 0 spiro atoms. The fraction of sp³-hybridized carbons (Fsp3) is 0.0714. The minimum atomic E-state index is -0.349. The summed E-state index contributed by atoms with van der Waals surface area (Å²) in [5.74, 6) is -0.149. The molecule has 3 amide bonds. The van der Waals surface area contributed by atoms with Crippen LogP contribution in [0, 0.1) is 0 Å². The summed E-state index contributed by atoms with van der Waals surface area (Å²) in [5, 5.41) is 8.54. The highest BCUT2D eigenvalue weighted by molar-refractivity contribution is 6.00. The molecule has 0 fully saturated rings. The standard InChI is InChI=1S/C28H25N3O2/c32-27(20-26(21-11-4-1-5-12-21)22-13-6-2-7-14-22)29-24-17-10-18-25(19-24)31-28(33)30-23-15-8-3-9-16-23/h1-19,26H,20H2,(H,29,32)(H2,30,31,33). The predicted molar refractivity (Wildman–Crippen MR) is 133 cm³/mol. The van der Waals surface area contributed by atoms with Gasteiger partial charge in [0.15, 0.2) is 0 Å². The molecule has 0 unspecified atom stereocenters. The molecular weight excluding hydrogens is 410 g/mol. The van der Waals surface area contributed by atoms with Crippen LogP contribution in [0.4, 0.5) is 21.9 Å². The molecule has 5 heteroatoms. The van der Waals surface area contributed by atoms with Crippen LogP contribution >= 0.6 is 0 Å². The fourth-order valence-electron chi connectivity index (χ4n) is 3.69. The fourth-order valence-corrected chi connectivity index (χ4v) is 3.69. The number of rotatable bonds is 7. The van der Waals surface area contributed by atoms with E-state index in [0.717, 1.165) is 11.1 Å². The Morgan fingerprint density at radius 1 is 0.545 bits per heavy atom. The van der Waals surface area contributed by atoms with Gasteiger partial charge in [0.25, 0.3) is 0 Å². The lowest BCUT2D eigenvalue weighted by Crippen LogP contribution is -2.20. The highest BCUT2D eigenvalue weighted by Crippen LogP contribution is 2.28. The molecule has 0 saturated heterocycles. The van der Waals surface area contributed by atoms with Crippen LogP contribution < -0.4 is 16.0 Å². The van der Waals surface area contributed by atoms with Gasteiger partial charge in [0, 0.05) is 29.4 Å².